The minimum Gasteiger partial charge on any atom is -0.489 e. The second-order valence-electron chi connectivity index (χ2n) is 7.50. The molecule has 0 unspecified atom stereocenters. The van der Waals surface area contributed by atoms with Crippen LogP contribution in [0.4, 0.5) is 0 Å². The summed E-state index contributed by atoms with van der Waals surface area (Å²) in [4.78, 5) is 12.3. The van der Waals surface area contributed by atoms with E-state index in [-0.39, 0.29) is 5.69 Å². The molecule has 0 atom stereocenters. The lowest BCUT2D eigenvalue weighted by atomic mass is 10.0. The quantitative estimate of drug-likeness (QED) is 0.505. The van der Waals surface area contributed by atoms with Crippen LogP contribution in [0.25, 0.3) is 16.8 Å². The van der Waals surface area contributed by atoms with Crippen molar-refractivity contribution < 1.29 is 4.74 Å². The lowest BCUT2D eigenvalue weighted by Crippen LogP contribution is -2.23. The fraction of sp³-hybridized carbons (Fsp3) is 0.208. The Hall–Kier alpha value is -3.67. The van der Waals surface area contributed by atoms with Gasteiger partial charge in [-0.15, -0.1) is 0 Å². The van der Waals surface area contributed by atoms with Crippen LogP contribution in [-0.4, -0.2) is 19.8 Å². The molecule has 4 rings (SSSR count). The molecule has 152 valence electrons. The molecular formula is C24H24N4O2. The monoisotopic (exact) mass is 400 g/mol. The molecule has 4 aromatic rings. The third kappa shape index (κ3) is 3.76. The van der Waals surface area contributed by atoms with Crippen LogP contribution in [0, 0.1) is 20.8 Å². The summed E-state index contributed by atoms with van der Waals surface area (Å²) in [5.41, 5.74) is 6.95. The molecule has 6 nitrogen and oxygen atoms in total. The second-order valence-corrected chi connectivity index (χ2v) is 7.50. The van der Waals surface area contributed by atoms with Crippen molar-refractivity contribution in [2.75, 3.05) is 0 Å². The predicted octanol–water partition coefficient (Wildman–Crippen LogP) is 4.14. The lowest BCUT2D eigenvalue weighted by molar-refractivity contribution is 0.302. The topological polar surface area (TPSA) is 61.9 Å². The first-order valence-corrected chi connectivity index (χ1v) is 9.82. The van der Waals surface area contributed by atoms with Crippen molar-refractivity contribution >= 4 is 0 Å². The molecule has 3 aromatic carbocycles. The van der Waals surface area contributed by atoms with Crippen LogP contribution < -0.4 is 10.4 Å². The molecule has 0 saturated carbocycles. The third-order valence-corrected chi connectivity index (χ3v) is 5.27. The van der Waals surface area contributed by atoms with Gasteiger partial charge in [0.25, 0.3) is 0 Å². The van der Waals surface area contributed by atoms with Crippen molar-refractivity contribution in [1.29, 1.82) is 0 Å². The Kier molecular flexibility index (Phi) is 5.23. The number of rotatable bonds is 5. The van der Waals surface area contributed by atoms with Gasteiger partial charge < -0.3 is 4.74 Å². The minimum absolute atomic E-state index is 0.291. The van der Waals surface area contributed by atoms with Gasteiger partial charge in [0.05, 0.1) is 5.69 Å². The molecule has 0 fully saturated rings. The van der Waals surface area contributed by atoms with Gasteiger partial charge in [-0.1, -0.05) is 48.0 Å². The fourth-order valence-electron chi connectivity index (χ4n) is 3.42. The fourth-order valence-corrected chi connectivity index (χ4v) is 3.42. The van der Waals surface area contributed by atoms with Crippen LogP contribution >= 0.6 is 0 Å². The molecule has 0 aliphatic rings. The van der Waals surface area contributed by atoms with Gasteiger partial charge in [0.1, 0.15) is 12.4 Å². The Morgan fingerprint density at radius 2 is 1.60 bits per heavy atom. The van der Waals surface area contributed by atoms with Gasteiger partial charge in [0, 0.05) is 12.6 Å². The Morgan fingerprint density at radius 1 is 0.867 bits per heavy atom. The van der Waals surface area contributed by atoms with E-state index in [2.05, 4.69) is 53.7 Å². The van der Waals surface area contributed by atoms with E-state index in [9.17, 15) is 4.79 Å². The summed E-state index contributed by atoms with van der Waals surface area (Å²) in [5, 5.41) is 7.79. The molecule has 1 heterocycles. The first-order chi connectivity index (χ1) is 14.4. The number of aromatic nitrogens is 4. The van der Waals surface area contributed by atoms with E-state index >= 15 is 0 Å². The molecule has 0 aliphatic carbocycles. The maximum atomic E-state index is 12.3. The van der Waals surface area contributed by atoms with Gasteiger partial charge in [-0.3, -0.25) is 0 Å². The normalized spacial score (nSPS) is 10.9. The second kappa shape index (κ2) is 7.99. The first-order valence-electron chi connectivity index (χ1n) is 9.82. The van der Waals surface area contributed by atoms with Crippen molar-refractivity contribution in [3.05, 3.63) is 93.4 Å². The Balaban J connectivity index is 1.60. The van der Waals surface area contributed by atoms with E-state index in [1.807, 2.05) is 38.1 Å². The number of aryl methyl sites for hydroxylation is 4. The van der Waals surface area contributed by atoms with Gasteiger partial charge in [-0.2, -0.15) is 9.36 Å². The average Bonchev–Trinajstić information content (AvgIpc) is 3.07. The predicted molar refractivity (Wildman–Crippen MR) is 117 cm³/mol. The number of hydrogen-bond acceptors (Lipinski definition) is 4. The van der Waals surface area contributed by atoms with E-state index in [4.69, 9.17) is 4.74 Å². The largest absolute Gasteiger partial charge is 0.489 e. The smallest absolute Gasteiger partial charge is 0.368 e. The van der Waals surface area contributed by atoms with Crippen LogP contribution in [0.5, 0.6) is 5.75 Å². The van der Waals surface area contributed by atoms with Crippen LogP contribution in [0.2, 0.25) is 0 Å². The molecule has 0 N–H and O–H groups in total. The summed E-state index contributed by atoms with van der Waals surface area (Å²) >= 11 is 0. The van der Waals surface area contributed by atoms with E-state index in [0.717, 1.165) is 28.0 Å². The van der Waals surface area contributed by atoms with Crippen molar-refractivity contribution in [3.8, 4) is 22.6 Å². The van der Waals surface area contributed by atoms with Gasteiger partial charge in [0.2, 0.25) is 0 Å². The maximum Gasteiger partial charge on any atom is 0.368 e. The molecule has 30 heavy (non-hydrogen) atoms. The van der Waals surface area contributed by atoms with Crippen molar-refractivity contribution in [2.45, 2.75) is 27.4 Å². The zero-order valence-electron chi connectivity index (χ0n) is 17.6. The van der Waals surface area contributed by atoms with Gasteiger partial charge >= 0.3 is 5.69 Å². The molecule has 0 amide bonds. The Labute approximate surface area is 175 Å². The zero-order chi connectivity index (χ0) is 21.3. The SMILES string of the molecule is Cc1ccc(-c2ccc(OCc3c(C)cccc3-n3nnn(C)c3=O)c(C)c2)cc1. The number of benzene rings is 3. The highest BCUT2D eigenvalue weighted by Gasteiger charge is 2.14. The van der Waals surface area contributed by atoms with Crippen molar-refractivity contribution in [1.82, 2.24) is 19.8 Å². The molecule has 0 bridgehead atoms. The summed E-state index contributed by atoms with van der Waals surface area (Å²) < 4.78 is 8.67. The van der Waals surface area contributed by atoms with Gasteiger partial charge in [-0.05, 0) is 71.7 Å². The number of ether oxygens (including phenoxy) is 1. The summed E-state index contributed by atoms with van der Waals surface area (Å²) in [7, 11) is 1.58. The lowest BCUT2D eigenvalue weighted by Gasteiger charge is -2.15. The van der Waals surface area contributed by atoms with Crippen LogP contribution in [0.15, 0.2) is 65.5 Å². The van der Waals surface area contributed by atoms with Crippen molar-refractivity contribution in [2.24, 2.45) is 7.05 Å². The minimum atomic E-state index is -0.291. The Morgan fingerprint density at radius 3 is 2.27 bits per heavy atom. The molecule has 6 heteroatoms. The highest BCUT2D eigenvalue weighted by molar-refractivity contribution is 5.66. The van der Waals surface area contributed by atoms with E-state index in [1.165, 1.54) is 20.5 Å². The van der Waals surface area contributed by atoms with E-state index in [0.29, 0.717) is 12.3 Å². The molecule has 0 radical (unpaired) electrons. The van der Waals surface area contributed by atoms with Crippen molar-refractivity contribution in [3.63, 3.8) is 0 Å². The molecular weight excluding hydrogens is 376 g/mol. The van der Waals surface area contributed by atoms with Crippen LogP contribution in [-0.2, 0) is 13.7 Å². The highest BCUT2D eigenvalue weighted by Crippen LogP contribution is 2.28. The molecule has 0 spiro atoms. The van der Waals surface area contributed by atoms with Crippen LogP contribution in [0.3, 0.4) is 0 Å². The van der Waals surface area contributed by atoms with E-state index in [1.54, 1.807) is 7.05 Å². The highest BCUT2D eigenvalue weighted by atomic mass is 16.5. The molecule has 0 aliphatic heterocycles. The molecule has 0 saturated heterocycles. The number of nitrogens with zero attached hydrogens (tertiary/aromatic N) is 4. The van der Waals surface area contributed by atoms with Crippen LogP contribution in [0.1, 0.15) is 22.3 Å². The zero-order valence-corrected chi connectivity index (χ0v) is 17.6. The standard InChI is InChI=1S/C24H24N4O2/c1-16-8-10-19(11-9-16)20-12-13-23(18(3)14-20)30-15-21-17(2)6-5-7-22(21)28-24(29)27(4)25-26-28/h5-14H,15H2,1-4H3. The average molecular weight is 400 g/mol. The number of hydrogen-bond donors (Lipinski definition) is 0. The Bertz CT molecular complexity index is 1250. The van der Waals surface area contributed by atoms with Gasteiger partial charge in [-0.25, -0.2) is 4.79 Å². The maximum absolute atomic E-state index is 12.3. The summed E-state index contributed by atoms with van der Waals surface area (Å²) in [6.45, 7) is 6.45. The molecule has 1 aromatic heterocycles. The first kappa shape index (κ1) is 19.6. The van der Waals surface area contributed by atoms with Gasteiger partial charge in [0.15, 0.2) is 0 Å². The summed E-state index contributed by atoms with van der Waals surface area (Å²) in [6.07, 6.45) is 0. The van der Waals surface area contributed by atoms with E-state index < -0.39 is 0 Å². The number of tetrazole rings is 1. The third-order valence-electron chi connectivity index (χ3n) is 5.27. The summed E-state index contributed by atoms with van der Waals surface area (Å²) in [6, 6.07) is 20.4. The summed E-state index contributed by atoms with van der Waals surface area (Å²) in [5.74, 6) is 0.812.